The predicted octanol–water partition coefficient (Wildman–Crippen LogP) is 1.15. The highest BCUT2D eigenvalue weighted by Crippen LogP contribution is 2.13. The monoisotopic (exact) mass is 302 g/mol. The van der Waals surface area contributed by atoms with E-state index in [9.17, 15) is 4.79 Å². The molecule has 118 valence electrons. The number of carbonyl (C=O) groups is 1. The minimum atomic E-state index is -0.103. The van der Waals surface area contributed by atoms with Crippen LogP contribution in [0.15, 0.2) is 36.5 Å². The molecule has 0 unspecified atom stereocenters. The van der Waals surface area contributed by atoms with Crippen LogP contribution in [0.5, 0.6) is 0 Å². The predicted molar refractivity (Wildman–Crippen MR) is 85.4 cm³/mol. The van der Waals surface area contributed by atoms with Gasteiger partial charge in [-0.05, 0) is 19.1 Å². The van der Waals surface area contributed by atoms with Gasteiger partial charge in [-0.15, -0.1) is 0 Å². The summed E-state index contributed by atoms with van der Waals surface area (Å²) in [6.07, 6.45) is 1.61. The number of amides is 1. The quantitative estimate of drug-likeness (QED) is 0.718. The summed E-state index contributed by atoms with van der Waals surface area (Å²) in [5, 5.41) is 10.4. The lowest BCUT2D eigenvalue weighted by molar-refractivity contribution is 0.0953. The third-order valence-electron chi connectivity index (χ3n) is 3.33. The van der Waals surface area contributed by atoms with E-state index in [1.807, 2.05) is 37.3 Å². The second-order valence-electron chi connectivity index (χ2n) is 4.89. The lowest BCUT2D eigenvalue weighted by Crippen LogP contribution is -2.33. The molecular weight excluding hydrogens is 280 g/mol. The van der Waals surface area contributed by atoms with E-state index < -0.39 is 0 Å². The van der Waals surface area contributed by atoms with Gasteiger partial charge in [-0.25, -0.2) is 4.68 Å². The number of aromatic nitrogens is 2. The highest BCUT2D eigenvalue weighted by Gasteiger charge is 2.14. The van der Waals surface area contributed by atoms with E-state index in [1.165, 1.54) is 0 Å². The van der Waals surface area contributed by atoms with E-state index in [0.717, 1.165) is 17.9 Å². The van der Waals surface area contributed by atoms with Crippen molar-refractivity contribution in [1.82, 2.24) is 20.4 Å². The molecule has 0 bridgehead atoms. The molecule has 1 aromatic heterocycles. The molecule has 0 saturated heterocycles. The number of nitrogens with zero attached hydrogens (tertiary/aromatic N) is 2. The third-order valence-corrected chi connectivity index (χ3v) is 3.33. The van der Waals surface area contributed by atoms with E-state index >= 15 is 0 Å². The first-order valence-electron chi connectivity index (χ1n) is 7.32. The molecule has 1 amide bonds. The second-order valence-corrected chi connectivity index (χ2v) is 4.89. The van der Waals surface area contributed by atoms with Crippen LogP contribution in [-0.2, 0) is 4.74 Å². The first-order valence-corrected chi connectivity index (χ1v) is 7.32. The van der Waals surface area contributed by atoms with Crippen molar-refractivity contribution in [3.63, 3.8) is 0 Å². The standard InChI is InChI=1S/C16H22N4O2/c1-13-15(16(21)18-9-8-17-10-11-22-2)12-19-20(13)14-6-4-3-5-7-14/h3-7,12,17H,8-11H2,1-2H3,(H,18,21). The minimum absolute atomic E-state index is 0.103. The van der Waals surface area contributed by atoms with Crippen molar-refractivity contribution < 1.29 is 9.53 Å². The molecule has 22 heavy (non-hydrogen) atoms. The maximum Gasteiger partial charge on any atom is 0.254 e. The first-order chi connectivity index (χ1) is 10.7. The summed E-state index contributed by atoms with van der Waals surface area (Å²) in [7, 11) is 1.66. The number of benzene rings is 1. The fourth-order valence-electron chi connectivity index (χ4n) is 2.12. The van der Waals surface area contributed by atoms with Gasteiger partial charge in [0.05, 0.1) is 29.7 Å². The van der Waals surface area contributed by atoms with Gasteiger partial charge in [0.25, 0.3) is 5.91 Å². The van der Waals surface area contributed by atoms with Crippen LogP contribution in [0, 0.1) is 6.92 Å². The molecule has 2 N–H and O–H groups in total. The Morgan fingerprint density at radius 1 is 1.23 bits per heavy atom. The van der Waals surface area contributed by atoms with Crippen molar-refractivity contribution in [2.75, 3.05) is 33.4 Å². The molecule has 1 heterocycles. The number of methoxy groups -OCH3 is 1. The Kier molecular flexibility index (Phi) is 6.12. The Labute approximate surface area is 130 Å². The van der Waals surface area contributed by atoms with Crippen LogP contribution >= 0.6 is 0 Å². The summed E-state index contributed by atoms with van der Waals surface area (Å²) in [5.41, 5.74) is 2.37. The molecule has 0 spiro atoms. The van der Waals surface area contributed by atoms with Crippen LogP contribution in [0.1, 0.15) is 16.1 Å². The molecule has 6 nitrogen and oxygen atoms in total. The Hall–Kier alpha value is -2.18. The van der Waals surface area contributed by atoms with E-state index in [0.29, 0.717) is 25.3 Å². The van der Waals surface area contributed by atoms with E-state index in [1.54, 1.807) is 18.0 Å². The maximum atomic E-state index is 12.2. The van der Waals surface area contributed by atoms with Gasteiger partial charge in [0.2, 0.25) is 0 Å². The fourth-order valence-corrected chi connectivity index (χ4v) is 2.12. The van der Waals surface area contributed by atoms with Crippen molar-refractivity contribution >= 4 is 5.91 Å². The molecule has 0 fully saturated rings. The number of rotatable bonds is 8. The molecule has 0 radical (unpaired) electrons. The Balaban J connectivity index is 1.90. The minimum Gasteiger partial charge on any atom is -0.383 e. The average Bonchev–Trinajstić information content (AvgIpc) is 2.93. The normalized spacial score (nSPS) is 10.6. The lowest BCUT2D eigenvalue weighted by Gasteiger charge is -2.07. The molecule has 6 heteroatoms. The zero-order valence-corrected chi connectivity index (χ0v) is 13.0. The van der Waals surface area contributed by atoms with Crippen LogP contribution < -0.4 is 10.6 Å². The summed E-state index contributed by atoms with van der Waals surface area (Å²) in [6.45, 7) is 4.61. The molecular formula is C16H22N4O2. The molecule has 1 aromatic carbocycles. The lowest BCUT2D eigenvalue weighted by atomic mass is 10.2. The van der Waals surface area contributed by atoms with E-state index in [4.69, 9.17) is 4.74 Å². The van der Waals surface area contributed by atoms with Gasteiger partial charge in [-0.3, -0.25) is 4.79 Å². The van der Waals surface area contributed by atoms with Gasteiger partial charge >= 0.3 is 0 Å². The molecule has 0 saturated carbocycles. The molecule has 2 rings (SSSR count). The van der Waals surface area contributed by atoms with Gasteiger partial charge < -0.3 is 15.4 Å². The van der Waals surface area contributed by atoms with Gasteiger partial charge in [0.1, 0.15) is 0 Å². The Bertz CT molecular complexity index is 595. The molecule has 0 aliphatic rings. The van der Waals surface area contributed by atoms with Crippen molar-refractivity contribution in [3.05, 3.63) is 47.8 Å². The zero-order valence-electron chi connectivity index (χ0n) is 13.0. The highest BCUT2D eigenvalue weighted by molar-refractivity contribution is 5.95. The van der Waals surface area contributed by atoms with Gasteiger partial charge in [-0.2, -0.15) is 5.10 Å². The smallest absolute Gasteiger partial charge is 0.254 e. The average molecular weight is 302 g/mol. The first kappa shape index (κ1) is 16.2. The summed E-state index contributed by atoms with van der Waals surface area (Å²) in [5.74, 6) is -0.103. The number of ether oxygens (including phenoxy) is 1. The van der Waals surface area contributed by atoms with Crippen molar-refractivity contribution in [2.45, 2.75) is 6.92 Å². The van der Waals surface area contributed by atoms with Crippen molar-refractivity contribution in [1.29, 1.82) is 0 Å². The van der Waals surface area contributed by atoms with E-state index in [2.05, 4.69) is 15.7 Å². The van der Waals surface area contributed by atoms with Crippen molar-refractivity contribution in [2.24, 2.45) is 0 Å². The van der Waals surface area contributed by atoms with Gasteiger partial charge in [-0.1, -0.05) is 18.2 Å². The van der Waals surface area contributed by atoms with Crippen LogP contribution in [0.25, 0.3) is 5.69 Å². The highest BCUT2D eigenvalue weighted by atomic mass is 16.5. The number of carbonyl (C=O) groups excluding carboxylic acids is 1. The Morgan fingerprint density at radius 3 is 2.73 bits per heavy atom. The molecule has 0 atom stereocenters. The summed E-state index contributed by atoms with van der Waals surface area (Å²) in [6, 6.07) is 9.76. The topological polar surface area (TPSA) is 68.2 Å². The fraction of sp³-hybridized carbons (Fsp3) is 0.375. The molecule has 0 aliphatic carbocycles. The van der Waals surface area contributed by atoms with E-state index in [-0.39, 0.29) is 5.91 Å². The van der Waals surface area contributed by atoms with Crippen molar-refractivity contribution in [3.8, 4) is 5.69 Å². The van der Waals surface area contributed by atoms with Crippen LogP contribution in [-0.4, -0.2) is 49.0 Å². The molecule has 0 aliphatic heterocycles. The summed E-state index contributed by atoms with van der Waals surface area (Å²) >= 11 is 0. The van der Waals surface area contributed by atoms with Crippen LogP contribution in [0.4, 0.5) is 0 Å². The Morgan fingerprint density at radius 2 is 2.00 bits per heavy atom. The second kappa shape index (κ2) is 8.31. The van der Waals surface area contributed by atoms with Crippen LogP contribution in [0.3, 0.4) is 0 Å². The van der Waals surface area contributed by atoms with Gasteiger partial charge in [0.15, 0.2) is 0 Å². The van der Waals surface area contributed by atoms with Gasteiger partial charge in [0, 0.05) is 26.7 Å². The number of para-hydroxylation sites is 1. The largest absolute Gasteiger partial charge is 0.383 e. The summed E-state index contributed by atoms with van der Waals surface area (Å²) in [4.78, 5) is 12.2. The number of hydrogen-bond acceptors (Lipinski definition) is 4. The number of hydrogen-bond donors (Lipinski definition) is 2. The third kappa shape index (κ3) is 4.16. The van der Waals surface area contributed by atoms with Crippen LogP contribution in [0.2, 0.25) is 0 Å². The molecule has 2 aromatic rings. The summed E-state index contributed by atoms with van der Waals surface area (Å²) < 4.78 is 6.71. The maximum absolute atomic E-state index is 12.2. The number of nitrogens with one attached hydrogen (secondary N) is 2. The SMILES string of the molecule is COCCNCCNC(=O)c1cnn(-c2ccccc2)c1C. The zero-order chi connectivity index (χ0) is 15.8.